The number of aliphatic hydroxyl groups excluding tert-OH is 1. The second kappa shape index (κ2) is 4.71. The molecule has 1 aromatic heterocycles. The third kappa shape index (κ3) is 1.91. The smallest absolute Gasteiger partial charge is 0.163 e. The van der Waals surface area contributed by atoms with E-state index in [2.05, 4.69) is 14.8 Å². The molecule has 1 N–H and O–H groups in total. The molecule has 0 spiro atoms. The summed E-state index contributed by atoms with van der Waals surface area (Å²) in [6.07, 6.45) is 2.03. The monoisotopic (exact) mass is 263 g/mol. The number of nitrogens with zero attached hydrogens (tertiary/aromatic N) is 3. The highest BCUT2D eigenvalue weighted by atomic mass is 35.5. The van der Waals surface area contributed by atoms with Gasteiger partial charge in [0, 0.05) is 23.0 Å². The van der Waals surface area contributed by atoms with Crippen molar-refractivity contribution in [3.8, 4) is 11.4 Å². The second-order valence-electron chi connectivity index (χ2n) is 4.56. The molecule has 3 rings (SSSR count). The van der Waals surface area contributed by atoms with Gasteiger partial charge in [0.15, 0.2) is 5.82 Å². The molecule has 4 nitrogen and oxygen atoms in total. The number of halogens is 1. The van der Waals surface area contributed by atoms with E-state index >= 15 is 0 Å². The fourth-order valence-corrected chi connectivity index (χ4v) is 2.57. The highest BCUT2D eigenvalue weighted by Crippen LogP contribution is 2.30. The number of hydrogen-bond acceptors (Lipinski definition) is 3. The van der Waals surface area contributed by atoms with Crippen LogP contribution in [0.5, 0.6) is 0 Å². The Bertz CT molecular complexity index is 550. The van der Waals surface area contributed by atoms with Gasteiger partial charge in [-0.25, -0.2) is 0 Å². The summed E-state index contributed by atoms with van der Waals surface area (Å²) in [4.78, 5) is 0. The molecule has 0 fully saturated rings. The zero-order valence-corrected chi connectivity index (χ0v) is 10.6. The van der Waals surface area contributed by atoms with Crippen molar-refractivity contribution < 1.29 is 5.11 Å². The lowest BCUT2D eigenvalue weighted by Crippen LogP contribution is -2.19. The molecule has 1 aliphatic rings. The first kappa shape index (κ1) is 11.7. The van der Waals surface area contributed by atoms with E-state index in [0.29, 0.717) is 5.02 Å². The van der Waals surface area contributed by atoms with Crippen molar-refractivity contribution in [1.29, 1.82) is 0 Å². The Morgan fingerprint density at radius 3 is 2.78 bits per heavy atom. The zero-order chi connectivity index (χ0) is 12.5. The molecule has 18 heavy (non-hydrogen) atoms. The maximum absolute atomic E-state index is 9.36. The molecule has 0 radical (unpaired) electrons. The lowest BCUT2D eigenvalue weighted by Gasteiger charge is -2.21. The van der Waals surface area contributed by atoms with E-state index in [4.69, 9.17) is 11.6 Å². The van der Waals surface area contributed by atoms with Gasteiger partial charge in [-0.05, 0) is 37.1 Å². The minimum absolute atomic E-state index is 0.118. The SMILES string of the molecule is OCC1CCCn2c(-c3ccc(Cl)cc3)nnc21. The summed E-state index contributed by atoms with van der Waals surface area (Å²) in [6, 6.07) is 7.60. The van der Waals surface area contributed by atoms with Gasteiger partial charge in [0.2, 0.25) is 0 Å². The number of fused-ring (bicyclic) bond motifs is 1. The second-order valence-corrected chi connectivity index (χ2v) is 5.00. The molecule has 1 atom stereocenters. The van der Waals surface area contributed by atoms with E-state index in [-0.39, 0.29) is 12.5 Å². The minimum atomic E-state index is 0.118. The van der Waals surface area contributed by atoms with Gasteiger partial charge in [-0.2, -0.15) is 0 Å². The standard InChI is InChI=1S/C13H14ClN3O/c14-11-5-3-9(4-6-11)12-15-16-13-10(8-18)2-1-7-17(12)13/h3-6,10,18H,1-2,7-8H2. The molecule has 0 saturated heterocycles. The average Bonchev–Trinajstić information content (AvgIpc) is 2.83. The first-order chi connectivity index (χ1) is 8.79. The van der Waals surface area contributed by atoms with Gasteiger partial charge in [0.25, 0.3) is 0 Å². The Kier molecular flexibility index (Phi) is 3.06. The van der Waals surface area contributed by atoms with Crippen molar-refractivity contribution in [1.82, 2.24) is 14.8 Å². The molecule has 2 aromatic rings. The number of aliphatic hydroxyl groups is 1. The normalized spacial score (nSPS) is 18.7. The first-order valence-electron chi connectivity index (χ1n) is 6.09. The topological polar surface area (TPSA) is 50.9 Å². The van der Waals surface area contributed by atoms with Gasteiger partial charge in [0.05, 0.1) is 6.61 Å². The van der Waals surface area contributed by atoms with Crippen LogP contribution in [0.2, 0.25) is 5.02 Å². The molecule has 0 aliphatic carbocycles. The van der Waals surface area contributed by atoms with Crippen LogP contribution in [-0.4, -0.2) is 26.5 Å². The van der Waals surface area contributed by atoms with E-state index in [1.165, 1.54) is 0 Å². The summed E-state index contributed by atoms with van der Waals surface area (Å²) in [6.45, 7) is 1.05. The Morgan fingerprint density at radius 2 is 2.06 bits per heavy atom. The average molecular weight is 264 g/mol. The first-order valence-corrected chi connectivity index (χ1v) is 6.47. The largest absolute Gasteiger partial charge is 0.396 e. The summed E-state index contributed by atoms with van der Waals surface area (Å²) < 4.78 is 2.10. The van der Waals surface area contributed by atoms with Crippen LogP contribution in [0, 0.1) is 0 Å². The lowest BCUT2D eigenvalue weighted by atomic mass is 10.00. The van der Waals surface area contributed by atoms with Gasteiger partial charge in [0.1, 0.15) is 5.82 Å². The number of benzene rings is 1. The highest BCUT2D eigenvalue weighted by molar-refractivity contribution is 6.30. The van der Waals surface area contributed by atoms with Crippen LogP contribution in [0.3, 0.4) is 0 Å². The van der Waals surface area contributed by atoms with Gasteiger partial charge in [-0.15, -0.1) is 10.2 Å². The van der Waals surface area contributed by atoms with Gasteiger partial charge in [-0.1, -0.05) is 11.6 Å². The van der Waals surface area contributed by atoms with E-state index in [9.17, 15) is 5.11 Å². The maximum atomic E-state index is 9.36. The minimum Gasteiger partial charge on any atom is -0.396 e. The van der Waals surface area contributed by atoms with E-state index in [1.807, 2.05) is 24.3 Å². The molecule has 1 aromatic carbocycles. The summed E-state index contributed by atoms with van der Waals surface area (Å²) in [5, 5.41) is 18.6. The van der Waals surface area contributed by atoms with Crippen molar-refractivity contribution in [3.63, 3.8) is 0 Å². The number of hydrogen-bond donors (Lipinski definition) is 1. The van der Waals surface area contributed by atoms with Gasteiger partial charge >= 0.3 is 0 Å². The fourth-order valence-electron chi connectivity index (χ4n) is 2.45. The number of rotatable bonds is 2. The molecular formula is C13H14ClN3O. The Hall–Kier alpha value is -1.39. The van der Waals surface area contributed by atoms with Crippen LogP contribution in [0.1, 0.15) is 24.6 Å². The molecule has 0 saturated carbocycles. The maximum Gasteiger partial charge on any atom is 0.163 e. The Labute approximate surface area is 110 Å². The molecule has 0 bridgehead atoms. The fraction of sp³-hybridized carbons (Fsp3) is 0.385. The summed E-state index contributed by atoms with van der Waals surface area (Å²) in [5.74, 6) is 1.88. The van der Waals surface area contributed by atoms with E-state index in [0.717, 1.165) is 36.6 Å². The van der Waals surface area contributed by atoms with Crippen molar-refractivity contribution >= 4 is 11.6 Å². The lowest BCUT2D eigenvalue weighted by molar-refractivity contribution is 0.238. The third-order valence-corrected chi connectivity index (χ3v) is 3.65. The van der Waals surface area contributed by atoms with Crippen LogP contribution < -0.4 is 0 Å². The molecular weight excluding hydrogens is 250 g/mol. The predicted molar refractivity (Wildman–Crippen MR) is 69.5 cm³/mol. The molecule has 5 heteroatoms. The van der Waals surface area contributed by atoms with Crippen LogP contribution in [0.4, 0.5) is 0 Å². The zero-order valence-electron chi connectivity index (χ0n) is 9.88. The third-order valence-electron chi connectivity index (χ3n) is 3.40. The van der Waals surface area contributed by atoms with E-state index < -0.39 is 0 Å². The molecule has 1 aliphatic heterocycles. The van der Waals surface area contributed by atoms with Crippen molar-refractivity contribution in [2.24, 2.45) is 0 Å². The van der Waals surface area contributed by atoms with Crippen molar-refractivity contribution in [2.45, 2.75) is 25.3 Å². The van der Waals surface area contributed by atoms with Crippen LogP contribution >= 0.6 is 11.6 Å². The van der Waals surface area contributed by atoms with Crippen LogP contribution in [0.25, 0.3) is 11.4 Å². The van der Waals surface area contributed by atoms with Crippen LogP contribution in [-0.2, 0) is 6.54 Å². The van der Waals surface area contributed by atoms with Crippen molar-refractivity contribution in [2.75, 3.05) is 6.61 Å². The summed E-state index contributed by atoms with van der Waals surface area (Å²) >= 11 is 5.89. The van der Waals surface area contributed by atoms with Gasteiger partial charge in [-0.3, -0.25) is 0 Å². The molecule has 94 valence electrons. The number of aromatic nitrogens is 3. The summed E-state index contributed by atoms with van der Waals surface area (Å²) in [5.41, 5.74) is 1.01. The van der Waals surface area contributed by atoms with Crippen LogP contribution in [0.15, 0.2) is 24.3 Å². The Morgan fingerprint density at radius 1 is 1.28 bits per heavy atom. The molecule has 1 unspecified atom stereocenters. The quantitative estimate of drug-likeness (QED) is 0.906. The highest BCUT2D eigenvalue weighted by Gasteiger charge is 2.24. The molecule has 0 amide bonds. The predicted octanol–water partition coefficient (Wildman–Crippen LogP) is 2.47. The molecule has 2 heterocycles. The Balaban J connectivity index is 2.04. The van der Waals surface area contributed by atoms with Gasteiger partial charge < -0.3 is 9.67 Å². The van der Waals surface area contributed by atoms with E-state index in [1.54, 1.807) is 0 Å². The van der Waals surface area contributed by atoms with Crippen molar-refractivity contribution in [3.05, 3.63) is 35.1 Å². The summed E-state index contributed by atoms with van der Waals surface area (Å²) in [7, 11) is 0.